The summed E-state index contributed by atoms with van der Waals surface area (Å²) in [6.07, 6.45) is 13.1. The molecule has 2 atom stereocenters. The van der Waals surface area contributed by atoms with Crippen molar-refractivity contribution in [3.8, 4) is 0 Å². The van der Waals surface area contributed by atoms with Gasteiger partial charge in [0.15, 0.2) is 0 Å². The van der Waals surface area contributed by atoms with Crippen LogP contribution in [-0.4, -0.2) is 41.7 Å². The molecule has 6 nitrogen and oxygen atoms in total. The summed E-state index contributed by atoms with van der Waals surface area (Å²) < 4.78 is 30.4. The number of hydrogen-bond acceptors (Lipinski definition) is 3. The SMILES string of the molecule is C=C/C=C\c1c(C)[nH]c2c1C[C@H](C)N(C(=O)CCl)[C@H]2c1ccc(S(=O)(=O)N[C@]23CC4C[C@H](C[C@H](C4)C2)C3)cc1. The van der Waals surface area contributed by atoms with Gasteiger partial charge in [-0.15, -0.1) is 11.6 Å². The minimum atomic E-state index is -3.67. The molecule has 0 spiro atoms. The van der Waals surface area contributed by atoms with Crippen LogP contribution in [0.3, 0.4) is 0 Å². The van der Waals surface area contributed by atoms with Gasteiger partial charge in [0.25, 0.3) is 0 Å². The molecule has 4 saturated carbocycles. The lowest BCUT2D eigenvalue weighted by Crippen LogP contribution is -2.59. The Morgan fingerprint density at radius 1 is 1.15 bits per heavy atom. The van der Waals surface area contributed by atoms with Gasteiger partial charge in [0.05, 0.1) is 10.9 Å². The first-order chi connectivity index (χ1) is 18.6. The predicted octanol–water partition coefficient (Wildman–Crippen LogP) is 5.87. The van der Waals surface area contributed by atoms with Crippen LogP contribution in [0.2, 0.25) is 0 Å². The number of aromatic amines is 1. The molecule has 1 aliphatic heterocycles. The summed E-state index contributed by atoms with van der Waals surface area (Å²) >= 11 is 6.06. The van der Waals surface area contributed by atoms with E-state index in [-0.39, 0.29) is 34.3 Å². The first-order valence-corrected chi connectivity index (χ1v) is 16.2. The molecule has 0 unspecified atom stereocenters. The molecule has 2 aromatic rings. The number of carbonyl (C=O) groups excluding carboxylic acids is 1. The maximum absolute atomic E-state index is 13.6. The number of nitrogens with one attached hydrogen (secondary N) is 2. The van der Waals surface area contributed by atoms with Gasteiger partial charge in [-0.25, -0.2) is 13.1 Å². The van der Waals surface area contributed by atoms with Crippen LogP contribution in [0.4, 0.5) is 0 Å². The average molecular weight is 568 g/mol. The smallest absolute Gasteiger partial charge is 0.241 e. The Labute approximate surface area is 236 Å². The Morgan fingerprint density at radius 2 is 1.77 bits per heavy atom. The standard InChI is InChI=1S/C31H38ClN3O3S/c1-4-5-6-26-20(3)33-29-27(26)11-19(2)35(28(36)18-32)30(29)24-7-9-25(10-8-24)39(37,38)34-31-15-21-12-22(16-31)14-23(13-21)17-31/h4-10,19,21-23,30,33-34H,1,11-18H2,2-3H3/b6-5-/t19-,21-,22+,23?,30-,31-/m0/s1. The second-order valence-corrected chi connectivity index (χ2v) is 14.4. The number of aromatic nitrogens is 1. The van der Waals surface area contributed by atoms with Crippen molar-refractivity contribution in [1.29, 1.82) is 0 Å². The molecule has 1 aromatic carbocycles. The third-order valence-electron chi connectivity index (χ3n) is 9.60. The number of sulfonamides is 1. The first kappa shape index (κ1) is 26.9. The van der Waals surface area contributed by atoms with Crippen LogP contribution in [0.5, 0.6) is 0 Å². The monoisotopic (exact) mass is 567 g/mol. The molecule has 8 heteroatoms. The van der Waals surface area contributed by atoms with Gasteiger partial charge in [-0.05, 0) is 105 Å². The van der Waals surface area contributed by atoms with Crippen LogP contribution < -0.4 is 4.72 Å². The van der Waals surface area contributed by atoms with E-state index in [0.717, 1.165) is 41.8 Å². The van der Waals surface area contributed by atoms with Gasteiger partial charge in [0, 0.05) is 23.0 Å². The molecular weight excluding hydrogens is 530 g/mol. The van der Waals surface area contributed by atoms with Crippen LogP contribution >= 0.6 is 11.6 Å². The summed E-state index contributed by atoms with van der Waals surface area (Å²) in [5, 5.41) is 0. The van der Waals surface area contributed by atoms with Crippen molar-refractivity contribution >= 4 is 33.6 Å². The normalized spacial score (nSPS) is 31.6. The molecule has 1 amide bonds. The van der Waals surface area contributed by atoms with Gasteiger partial charge in [-0.1, -0.05) is 36.9 Å². The topological polar surface area (TPSA) is 82.3 Å². The number of hydrogen-bond donors (Lipinski definition) is 2. The number of aryl methyl sites for hydroxylation is 1. The van der Waals surface area contributed by atoms with Gasteiger partial charge in [0.1, 0.15) is 5.88 Å². The van der Waals surface area contributed by atoms with Crippen molar-refractivity contribution in [2.45, 2.75) is 81.3 Å². The van der Waals surface area contributed by atoms with Gasteiger partial charge < -0.3 is 9.88 Å². The highest BCUT2D eigenvalue weighted by Gasteiger charge is 2.52. The number of allylic oxidation sites excluding steroid dienone is 2. The Kier molecular flexibility index (Phi) is 6.84. The third-order valence-corrected chi connectivity index (χ3v) is 11.4. The van der Waals surface area contributed by atoms with E-state index < -0.39 is 10.0 Å². The number of amides is 1. The molecule has 4 fully saturated rings. The second kappa shape index (κ2) is 9.93. The molecule has 5 aliphatic rings. The molecule has 39 heavy (non-hydrogen) atoms. The molecule has 2 heterocycles. The summed E-state index contributed by atoms with van der Waals surface area (Å²) in [6, 6.07) is 6.63. The molecular formula is C31H38ClN3O3S. The summed E-state index contributed by atoms with van der Waals surface area (Å²) in [4.78, 5) is 18.7. The highest BCUT2D eigenvalue weighted by molar-refractivity contribution is 7.89. The van der Waals surface area contributed by atoms with Gasteiger partial charge in [-0.3, -0.25) is 4.79 Å². The fraction of sp³-hybridized carbons (Fsp3) is 0.516. The molecule has 0 saturated heterocycles. The predicted molar refractivity (Wildman–Crippen MR) is 155 cm³/mol. The Hall–Kier alpha value is -2.35. The van der Waals surface area contributed by atoms with Crippen LogP contribution in [0.1, 0.15) is 79.6 Å². The lowest BCUT2D eigenvalue weighted by atomic mass is 9.53. The first-order valence-electron chi connectivity index (χ1n) is 14.1. The summed E-state index contributed by atoms with van der Waals surface area (Å²) in [5.41, 5.74) is 4.82. The Bertz CT molecular complexity index is 1390. The van der Waals surface area contributed by atoms with Crippen LogP contribution in [0.15, 0.2) is 47.9 Å². The van der Waals surface area contributed by atoms with Crippen molar-refractivity contribution in [2.24, 2.45) is 17.8 Å². The minimum Gasteiger partial charge on any atom is -0.360 e. The van der Waals surface area contributed by atoms with Crippen molar-refractivity contribution in [1.82, 2.24) is 14.6 Å². The lowest BCUT2D eigenvalue weighted by Gasteiger charge is -2.56. The quantitative estimate of drug-likeness (QED) is 0.324. The van der Waals surface area contributed by atoms with E-state index in [9.17, 15) is 13.2 Å². The molecule has 7 rings (SSSR count). The molecule has 208 valence electrons. The number of halogens is 1. The molecule has 2 N–H and O–H groups in total. The van der Waals surface area contributed by atoms with E-state index in [0.29, 0.717) is 24.2 Å². The maximum Gasteiger partial charge on any atom is 0.241 e. The molecule has 0 radical (unpaired) electrons. The van der Waals surface area contributed by atoms with Crippen molar-refractivity contribution < 1.29 is 13.2 Å². The number of carbonyl (C=O) groups is 1. The third kappa shape index (κ3) is 4.70. The van der Waals surface area contributed by atoms with Crippen LogP contribution in [0, 0.1) is 24.7 Å². The van der Waals surface area contributed by atoms with Crippen LogP contribution in [-0.2, 0) is 21.2 Å². The van der Waals surface area contributed by atoms with E-state index in [1.54, 1.807) is 18.2 Å². The molecule has 4 aliphatic carbocycles. The van der Waals surface area contributed by atoms with Gasteiger partial charge in [-0.2, -0.15) is 0 Å². The Balaban J connectivity index is 1.33. The van der Waals surface area contributed by atoms with Crippen molar-refractivity contribution in [3.05, 3.63) is 71.1 Å². The van der Waals surface area contributed by atoms with Crippen molar-refractivity contribution in [3.63, 3.8) is 0 Å². The van der Waals surface area contributed by atoms with E-state index in [1.165, 1.54) is 24.8 Å². The van der Waals surface area contributed by atoms with E-state index in [4.69, 9.17) is 11.6 Å². The average Bonchev–Trinajstić information content (AvgIpc) is 3.19. The largest absolute Gasteiger partial charge is 0.360 e. The number of fused-ring (bicyclic) bond motifs is 1. The van der Waals surface area contributed by atoms with Crippen molar-refractivity contribution in [2.75, 3.05) is 5.88 Å². The zero-order valence-electron chi connectivity index (χ0n) is 22.8. The number of alkyl halides is 1. The number of rotatable bonds is 7. The fourth-order valence-corrected chi connectivity index (χ4v) is 10.1. The number of nitrogens with zero attached hydrogens (tertiary/aromatic N) is 1. The fourth-order valence-electron chi connectivity index (χ4n) is 8.54. The number of benzene rings is 1. The van der Waals surface area contributed by atoms with E-state index in [1.807, 2.05) is 43.0 Å². The van der Waals surface area contributed by atoms with Gasteiger partial charge in [0.2, 0.25) is 15.9 Å². The zero-order chi connectivity index (χ0) is 27.5. The zero-order valence-corrected chi connectivity index (χ0v) is 24.3. The van der Waals surface area contributed by atoms with E-state index in [2.05, 4.69) is 16.3 Å². The lowest BCUT2D eigenvalue weighted by molar-refractivity contribution is -0.133. The van der Waals surface area contributed by atoms with E-state index >= 15 is 0 Å². The minimum absolute atomic E-state index is 0.0685. The summed E-state index contributed by atoms with van der Waals surface area (Å²) in [5.74, 6) is 1.72. The van der Waals surface area contributed by atoms with Gasteiger partial charge >= 0.3 is 0 Å². The second-order valence-electron chi connectivity index (χ2n) is 12.4. The molecule has 1 aromatic heterocycles. The maximum atomic E-state index is 13.6. The summed E-state index contributed by atoms with van der Waals surface area (Å²) in [7, 11) is -3.67. The highest BCUT2D eigenvalue weighted by atomic mass is 35.5. The molecule has 4 bridgehead atoms. The van der Waals surface area contributed by atoms with Crippen LogP contribution in [0.25, 0.3) is 6.08 Å². The Morgan fingerprint density at radius 3 is 2.33 bits per heavy atom. The number of H-pyrrole nitrogens is 1. The highest BCUT2D eigenvalue weighted by Crippen LogP contribution is 2.56. The summed E-state index contributed by atoms with van der Waals surface area (Å²) in [6.45, 7) is 7.86.